The van der Waals surface area contributed by atoms with Crippen molar-refractivity contribution >= 4 is 34.5 Å². The van der Waals surface area contributed by atoms with Gasteiger partial charge in [0.15, 0.2) is 5.71 Å². The van der Waals surface area contributed by atoms with Gasteiger partial charge in [0, 0.05) is 13.1 Å². The Balaban J connectivity index is 2.14. The van der Waals surface area contributed by atoms with Gasteiger partial charge in [0.25, 0.3) is 5.91 Å². The number of carbonyl (C=O) groups excluding carboxylic acids is 1. The average Bonchev–Trinajstić information content (AvgIpc) is 2.51. The van der Waals surface area contributed by atoms with Gasteiger partial charge in [-0.25, -0.2) is 0 Å². The van der Waals surface area contributed by atoms with Crippen molar-refractivity contribution < 1.29 is 9.53 Å². The van der Waals surface area contributed by atoms with Crippen molar-refractivity contribution in [3.05, 3.63) is 29.3 Å². The quantitative estimate of drug-likeness (QED) is 0.495. The maximum atomic E-state index is 12.4. The molecule has 0 spiro atoms. The monoisotopic (exact) mass is 320 g/mol. The van der Waals surface area contributed by atoms with Crippen LogP contribution in [0.15, 0.2) is 23.3 Å². The van der Waals surface area contributed by atoms with Crippen LogP contribution in [0, 0.1) is 13.8 Å². The Labute approximate surface area is 135 Å². The van der Waals surface area contributed by atoms with E-state index in [0.717, 1.165) is 11.3 Å². The van der Waals surface area contributed by atoms with E-state index in [1.165, 1.54) is 5.56 Å². The minimum absolute atomic E-state index is 0.0205. The molecule has 2 rings (SSSR count). The van der Waals surface area contributed by atoms with Crippen LogP contribution in [-0.2, 0) is 9.53 Å². The lowest BCUT2D eigenvalue weighted by Crippen LogP contribution is -2.47. The van der Waals surface area contributed by atoms with E-state index in [9.17, 15) is 4.79 Å². The van der Waals surface area contributed by atoms with Gasteiger partial charge in [-0.05, 0) is 37.1 Å². The Bertz CT molecular complexity index is 610. The SMILES string of the molecule is Cc1ccc(NN=C(C(=O)N2CCOCC2)C(N)=S)cc1C. The molecule has 118 valence electrons. The zero-order valence-corrected chi connectivity index (χ0v) is 13.6. The maximum absolute atomic E-state index is 12.4. The Morgan fingerprint density at radius 1 is 1.32 bits per heavy atom. The molecule has 7 heteroatoms. The summed E-state index contributed by atoms with van der Waals surface area (Å²) in [4.78, 5) is 14.0. The highest BCUT2D eigenvalue weighted by molar-refractivity contribution is 7.82. The number of hydrazone groups is 1. The molecule has 22 heavy (non-hydrogen) atoms. The number of thiocarbonyl (C=S) groups is 1. The molecular weight excluding hydrogens is 300 g/mol. The molecule has 1 aromatic carbocycles. The van der Waals surface area contributed by atoms with Crippen LogP contribution in [0.4, 0.5) is 5.69 Å². The molecule has 0 radical (unpaired) electrons. The van der Waals surface area contributed by atoms with Crippen molar-refractivity contribution in [3.8, 4) is 0 Å². The van der Waals surface area contributed by atoms with Gasteiger partial charge in [0.1, 0.15) is 4.99 Å². The summed E-state index contributed by atoms with van der Waals surface area (Å²) in [5.41, 5.74) is 11.7. The minimum atomic E-state index is -0.271. The number of nitrogens with one attached hydrogen (secondary N) is 1. The fourth-order valence-electron chi connectivity index (χ4n) is 2.06. The summed E-state index contributed by atoms with van der Waals surface area (Å²) >= 11 is 4.95. The number of rotatable bonds is 4. The fraction of sp³-hybridized carbons (Fsp3) is 0.400. The molecule has 1 amide bonds. The minimum Gasteiger partial charge on any atom is -0.388 e. The third kappa shape index (κ3) is 4.02. The lowest BCUT2D eigenvalue weighted by Gasteiger charge is -2.26. The molecule has 0 bridgehead atoms. The summed E-state index contributed by atoms with van der Waals surface area (Å²) in [6.07, 6.45) is 0. The van der Waals surface area contributed by atoms with Crippen molar-refractivity contribution in [2.24, 2.45) is 10.8 Å². The molecule has 1 aliphatic heterocycles. The van der Waals surface area contributed by atoms with Crippen LogP contribution in [0.5, 0.6) is 0 Å². The molecule has 6 nitrogen and oxygen atoms in total. The summed E-state index contributed by atoms with van der Waals surface area (Å²) in [6, 6.07) is 5.83. The van der Waals surface area contributed by atoms with E-state index in [-0.39, 0.29) is 16.6 Å². The highest BCUT2D eigenvalue weighted by Crippen LogP contribution is 2.14. The molecule has 1 fully saturated rings. The standard InChI is InChI=1S/C15H20N4O2S/c1-10-3-4-12(9-11(10)2)17-18-13(14(16)22)15(20)19-5-7-21-8-6-19/h3-4,9,17H,5-8H2,1-2H3,(H2,16,22). The zero-order valence-electron chi connectivity index (χ0n) is 12.8. The molecule has 1 saturated heterocycles. The fourth-order valence-corrected chi connectivity index (χ4v) is 2.19. The van der Waals surface area contributed by atoms with Crippen molar-refractivity contribution in [1.29, 1.82) is 0 Å². The number of morpholine rings is 1. The van der Waals surface area contributed by atoms with Crippen molar-refractivity contribution in [3.63, 3.8) is 0 Å². The predicted octanol–water partition coefficient (Wildman–Crippen LogP) is 1.22. The van der Waals surface area contributed by atoms with Gasteiger partial charge in [-0.3, -0.25) is 10.2 Å². The van der Waals surface area contributed by atoms with Crippen molar-refractivity contribution in [2.75, 3.05) is 31.7 Å². The highest BCUT2D eigenvalue weighted by atomic mass is 32.1. The van der Waals surface area contributed by atoms with Crippen molar-refractivity contribution in [2.45, 2.75) is 13.8 Å². The smallest absolute Gasteiger partial charge is 0.277 e. The molecule has 1 heterocycles. The second kappa shape index (κ2) is 7.33. The van der Waals surface area contributed by atoms with Crippen LogP contribution in [0.1, 0.15) is 11.1 Å². The summed E-state index contributed by atoms with van der Waals surface area (Å²) in [5, 5.41) is 4.11. The summed E-state index contributed by atoms with van der Waals surface area (Å²) in [5.74, 6) is -0.271. The number of hydrogen-bond donors (Lipinski definition) is 2. The summed E-state index contributed by atoms with van der Waals surface area (Å²) < 4.78 is 5.23. The van der Waals surface area contributed by atoms with Crippen LogP contribution in [-0.4, -0.2) is 47.8 Å². The summed E-state index contributed by atoms with van der Waals surface area (Å²) in [6.45, 7) is 6.11. The molecule has 0 saturated carbocycles. The van der Waals surface area contributed by atoms with Crippen LogP contribution >= 0.6 is 12.2 Å². The predicted molar refractivity (Wildman–Crippen MR) is 91.2 cm³/mol. The van der Waals surface area contributed by atoms with Crippen LogP contribution in [0.25, 0.3) is 0 Å². The molecule has 1 aliphatic rings. The lowest BCUT2D eigenvalue weighted by molar-refractivity contribution is -0.127. The Morgan fingerprint density at radius 2 is 2.00 bits per heavy atom. The lowest BCUT2D eigenvalue weighted by atomic mass is 10.1. The Morgan fingerprint density at radius 3 is 2.59 bits per heavy atom. The van der Waals surface area contributed by atoms with Gasteiger partial charge in [-0.15, -0.1) is 0 Å². The van der Waals surface area contributed by atoms with E-state index in [1.807, 2.05) is 32.0 Å². The maximum Gasteiger partial charge on any atom is 0.277 e. The topological polar surface area (TPSA) is 80.0 Å². The first kappa shape index (κ1) is 16.4. The van der Waals surface area contributed by atoms with E-state index in [4.69, 9.17) is 22.7 Å². The number of benzene rings is 1. The number of anilines is 1. The number of hydrogen-bond acceptors (Lipinski definition) is 5. The summed E-state index contributed by atoms with van der Waals surface area (Å²) in [7, 11) is 0. The van der Waals surface area contributed by atoms with E-state index in [2.05, 4.69) is 10.5 Å². The normalized spacial score (nSPS) is 15.5. The van der Waals surface area contributed by atoms with E-state index >= 15 is 0 Å². The first-order valence-corrected chi connectivity index (χ1v) is 7.47. The average molecular weight is 320 g/mol. The molecule has 0 aliphatic carbocycles. The van der Waals surface area contributed by atoms with Gasteiger partial charge < -0.3 is 15.4 Å². The Kier molecular flexibility index (Phi) is 5.46. The van der Waals surface area contributed by atoms with E-state index in [1.54, 1.807) is 4.90 Å². The van der Waals surface area contributed by atoms with Gasteiger partial charge in [-0.1, -0.05) is 18.3 Å². The van der Waals surface area contributed by atoms with E-state index < -0.39 is 0 Å². The van der Waals surface area contributed by atoms with Crippen LogP contribution < -0.4 is 11.2 Å². The largest absolute Gasteiger partial charge is 0.388 e. The Hall–Kier alpha value is -1.99. The van der Waals surface area contributed by atoms with E-state index in [0.29, 0.717) is 26.3 Å². The number of amides is 1. The third-order valence-electron chi connectivity index (χ3n) is 3.54. The first-order chi connectivity index (χ1) is 10.5. The number of ether oxygens (including phenoxy) is 1. The number of aryl methyl sites for hydroxylation is 2. The number of carbonyl (C=O) groups is 1. The molecular formula is C15H20N4O2S. The van der Waals surface area contributed by atoms with Gasteiger partial charge >= 0.3 is 0 Å². The first-order valence-electron chi connectivity index (χ1n) is 7.07. The zero-order chi connectivity index (χ0) is 16.1. The molecule has 1 aromatic rings. The number of nitrogens with zero attached hydrogens (tertiary/aromatic N) is 2. The molecule has 0 aromatic heterocycles. The van der Waals surface area contributed by atoms with Crippen LogP contribution in [0.3, 0.4) is 0 Å². The third-order valence-corrected chi connectivity index (χ3v) is 3.73. The van der Waals surface area contributed by atoms with Gasteiger partial charge in [0.05, 0.1) is 18.9 Å². The second-order valence-electron chi connectivity index (χ2n) is 5.14. The van der Waals surface area contributed by atoms with Gasteiger partial charge in [-0.2, -0.15) is 5.10 Å². The number of nitrogens with two attached hydrogens (primary N) is 1. The van der Waals surface area contributed by atoms with Gasteiger partial charge in [0.2, 0.25) is 0 Å². The second-order valence-corrected chi connectivity index (χ2v) is 5.58. The molecule has 0 unspecified atom stereocenters. The van der Waals surface area contributed by atoms with Crippen LogP contribution in [0.2, 0.25) is 0 Å². The molecule has 3 N–H and O–H groups in total. The molecule has 0 atom stereocenters. The van der Waals surface area contributed by atoms with Crippen molar-refractivity contribution in [1.82, 2.24) is 4.90 Å². The highest BCUT2D eigenvalue weighted by Gasteiger charge is 2.23.